The highest BCUT2D eigenvalue weighted by Crippen LogP contribution is 2.33. The molecule has 6 heteroatoms. The SMILES string of the molecule is C=CCc1cccc(-c2oc3c(C(C)Nc4cccc(F)c4C(=O)O)cc(C)cc3c(=O)c2C)c1. The minimum absolute atomic E-state index is 0.135. The monoisotopic (exact) mass is 471 g/mol. The van der Waals surface area contributed by atoms with E-state index < -0.39 is 23.4 Å². The van der Waals surface area contributed by atoms with Gasteiger partial charge in [0, 0.05) is 16.7 Å². The van der Waals surface area contributed by atoms with Crippen LogP contribution >= 0.6 is 0 Å². The highest BCUT2D eigenvalue weighted by atomic mass is 19.1. The predicted octanol–water partition coefficient (Wildman–Crippen LogP) is 6.82. The normalized spacial score (nSPS) is 11.9. The second-order valence-electron chi connectivity index (χ2n) is 8.64. The summed E-state index contributed by atoms with van der Waals surface area (Å²) in [5, 5.41) is 13.0. The lowest BCUT2D eigenvalue weighted by Gasteiger charge is -2.20. The fourth-order valence-corrected chi connectivity index (χ4v) is 4.34. The van der Waals surface area contributed by atoms with Crippen molar-refractivity contribution < 1.29 is 18.7 Å². The van der Waals surface area contributed by atoms with Gasteiger partial charge in [-0.1, -0.05) is 36.4 Å². The standard InChI is InChI=1S/C29H26FNO4/c1-5-8-19-9-6-10-20(15-19)27-17(3)26(32)22-14-16(2)13-21(28(22)35-27)18(4)31-24-12-7-11-23(30)25(24)29(33)34/h5-7,9-15,18,31H,1,8H2,2-4H3,(H,33,34). The molecule has 3 aromatic carbocycles. The molecule has 1 aromatic heterocycles. The fraction of sp³-hybridized carbons (Fsp3) is 0.172. The highest BCUT2D eigenvalue weighted by Gasteiger charge is 2.21. The van der Waals surface area contributed by atoms with E-state index in [1.165, 1.54) is 12.1 Å². The second-order valence-corrected chi connectivity index (χ2v) is 8.64. The molecule has 4 aromatic rings. The lowest BCUT2D eigenvalue weighted by Crippen LogP contribution is -2.14. The molecule has 1 atom stereocenters. The third-order valence-electron chi connectivity index (χ3n) is 6.03. The molecule has 0 radical (unpaired) electrons. The maximum absolute atomic E-state index is 14.2. The van der Waals surface area contributed by atoms with Crippen LogP contribution in [0.4, 0.5) is 10.1 Å². The summed E-state index contributed by atoms with van der Waals surface area (Å²) in [6.07, 6.45) is 2.50. The van der Waals surface area contributed by atoms with Crippen LogP contribution in [-0.4, -0.2) is 11.1 Å². The molecule has 2 N–H and O–H groups in total. The molecule has 0 fully saturated rings. The van der Waals surface area contributed by atoms with Gasteiger partial charge in [-0.15, -0.1) is 6.58 Å². The average Bonchev–Trinajstić information content (AvgIpc) is 2.81. The molecule has 0 spiro atoms. The first kappa shape index (κ1) is 24.0. The topological polar surface area (TPSA) is 79.5 Å². The number of carboxylic acids is 1. The van der Waals surface area contributed by atoms with Crippen LogP contribution in [0.15, 0.2) is 76.5 Å². The molecule has 0 aliphatic carbocycles. The first-order valence-corrected chi connectivity index (χ1v) is 11.3. The van der Waals surface area contributed by atoms with Gasteiger partial charge in [0.25, 0.3) is 0 Å². The van der Waals surface area contributed by atoms with E-state index in [4.69, 9.17) is 4.42 Å². The Balaban J connectivity index is 1.89. The number of aryl methyl sites for hydroxylation is 1. The zero-order valence-electron chi connectivity index (χ0n) is 19.8. The number of hydrogen-bond acceptors (Lipinski definition) is 4. The van der Waals surface area contributed by atoms with E-state index in [1.807, 2.05) is 50.3 Å². The Kier molecular flexibility index (Phi) is 6.56. The number of hydrogen-bond donors (Lipinski definition) is 2. The van der Waals surface area contributed by atoms with Crippen molar-refractivity contribution in [2.45, 2.75) is 33.2 Å². The summed E-state index contributed by atoms with van der Waals surface area (Å²) in [6.45, 7) is 9.22. The highest BCUT2D eigenvalue weighted by molar-refractivity contribution is 5.94. The van der Waals surface area contributed by atoms with Crippen molar-refractivity contribution in [1.29, 1.82) is 0 Å². The number of benzene rings is 3. The number of carboxylic acid groups (broad SMARTS) is 1. The number of halogens is 1. The molecule has 1 unspecified atom stereocenters. The molecular formula is C29H26FNO4. The third kappa shape index (κ3) is 4.60. The smallest absolute Gasteiger partial charge is 0.340 e. The van der Waals surface area contributed by atoms with Gasteiger partial charge in [-0.2, -0.15) is 0 Å². The number of allylic oxidation sites excluding steroid dienone is 1. The number of carbonyl (C=O) groups is 1. The molecule has 0 saturated carbocycles. The van der Waals surface area contributed by atoms with Gasteiger partial charge in [-0.3, -0.25) is 4.79 Å². The third-order valence-corrected chi connectivity index (χ3v) is 6.03. The van der Waals surface area contributed by atoms with Crippen molar-refractivity contribution in [3.63, 3.8) is 0 Å². The first-order valence-electron chi connectivity index (χ1n) is 11.3. The average molecular weight is 472 g/mol. The Morgan fingerprint density at radius 2 is 1.91 bits per heavy atom. The van der Waals surface area contributed by atoms with Crippen molar-refractivity contribution in [1.82, 2.24) is 0 Å². The molecule has 4 rings (SSSR count). The lowest BCUT2D eigenvalue weighted by molar-refractivity contribution is 0.0693. The van der Waals surface area contributed by atoms with Crippen LogP contribution in [0.1, 0.15) is 45.6 Å². The van der Waals surface area contributed by atoms with E-state index in [-0.39, 0.29) is 11.1 Å². The Labute approximate surface area is 202 Å². The van der Waals surface area contributed by atoms with Crippen LogP contribution < -0.4 is 10.7 Å². The van der Waals surface area contributed by atoms with Crippen molar-refractivity contribution >= 4 is 22.6 Å². The number of anilines is 1. The van der Waals surface area contributed by atoms with Gasteiger partial charge < -0.3 is 14.8 Å². The van der Waals surface area contributed by atoms with E-state index in [9.17, 15) is 19.1 Å². The summed E-state index contributed by atoms with van der Waals surface area (Å²) < 4.78 is 20.6. The van der Waals surface area contributed by atoms with Gasteiger partial charge in [-0.05, 0) is 62.6 Å². The van der Waals surface area contributed by atoms with Gasteiger partial charge in [0.05, 0.1) is 17.1 Å². The molecule has 0 saturated heterocycles. The molecule has 0 bridgehead atoms. The van der Waals surface area contributed by atoms with Gasteiger partial charge in [0.1, 0.15) is 22.7 Å². The summed E-state index contributed by atoms with van der Waals surface area (Å²) in [4.78, 5) is 25.0. The van der Waals surface area contributed by atoms with Crippen molar-refractivity contribution in [3.8, 4) is 11.3 Å². The molecule has 0 aliphatic rings. The lowest BCUT2D eigenvalue weighted by atomic mass is 9.98. The Bertz CT molecular complexity index is 1520. The largest absolute Gasteiger partial charge is 0.478 e. The summed E-state index contributed by atoms with van der Waals surface area (Å²) in [5.74, 6) is -1.72. The van der Waals surface area contributed by atoms with Crippen LogP contribution in [0, 0.1) is 19.7 Å². The van der Waals surface area contributed by atoms with Crippen LogP contribution in [0.5, 0.6) is 0 Å². The summed E-state index contributed by atoms with van der Waals surface area (Å²) >= 11 is 0. The fourth-order valence-electron chi connectivity index (χ4n) is 4.34. The van der Waals surface area contributed by atoms with E-state index in [2.05, 4.69) is 11.9 Å². The van der Waals surface area contributed by atoms with Crippen LogP contribution in [0.3, 0.4) is 0 Å². The summed E-state index contributed by atoms with van der Waals surface area (Å²) in [7, 11) is 0. The van der Waals surface area contributed by atoms with Gasteiger partial charge in [0.2, 0.25) is 0 Å². The maximum atomic E-state index is 14.2. The Morgan fingerprint density at radius 1 is 1.17 bits per heavy atom. The van der Waals surface area contributed by atoms with Crippen LogP contribution in [0.25, 0.3) is 22.3 Å². The summed E-state index contributed by atoms with van der Waals surface area (Å²) in [6, 6.07) is 15.0. The maximum Gasteiger partial charge on any atom is 0.340 e. The molecule has 178 valence electrons. The van der Waals surface area contributed by atoms with Crippen LogP contribution in [-0.2, 0) is 6.42 Å². The van der Waals surface area contributed by atoms with Gasteiger partial charge in [-0.25, -0.2) is 9.18 Å². The van der Waals surface area contributed by atoms with Crippen LogP contribution in [0.2, 0.25) is 0 Å². The first-order chi connectivity index (χ1) is 16.7. The van der Waals surface area contributed by atoms with E-state index in [0.717, 1.165) is 22.8 Å². The number of rotatable bonds is 7. The van der Waals surface area contributed by atoms with Gasteiger partial charge >= 0.3 is 5.97 Å². The van der Waals surface area contributed by atoms with Crippen molar-refractivity contribution in [3.05, 3.63) is 111 Å². The Morgan fingerprint density at radius 3 is 2.63 bits per heavy atom. The zero-order valence-corrected chi connectivity index (χ0v) is 19.8. The number of fused-ring (bicyclic) bond motifs is 1. The molecule has 0 aliphatic heterocycles. The zero-order chi connectivity index (χ0) is 25.3. The summed E-state index contributed by atoms with van der Waals surface area (Å²) in [5.41, 5.74) is 3.83. The second kappa shape index (κ2) is 9.58. The minimum atomic E-state index is -1.37. The van der Waals surface area contributed by atoms with Crippen molar-refractivity contribution in [2.75, 3.05) is 5.32 Å². The predicted molar refractivity (Wildman–Crippen MR) is 137 cm³/mol. The van der Waals surface area contributed by atoms with Gasteiger partial charge in [0.15, 0.2) is 5.43 Å². The quantitative estimate of drug-likeness (QED) is 0.289. The van der Waals surface area contributed by atoms with E-state index in [1.54, 1.807) is 13.0 Å². The minimum Gasteiger partial charge on any atom is -0.478 e. The molecular weight excluding hydrogens is 445 g/mol. The Hall–Kier alpha value is -4.19. The molecule has 5 nitrogen and oxygen atoms in total. The van der Waals surface area contributed by atoms with E-state index in [0.29, 0.717) is 34.3 Å². The number of nitrogens with one attached hydrogen (secondary N) is 1. The van der Waals surface area contributed by atoms with Crippen molar-refractivity contribution in [2.24, 2.45) is 0 Å². The molecule has 35 heavy (non-hydrogen) atoms. The number of aromatic carboxylic acids is 1. The van der Waals surface area contributed by atoms with E-state index >= 15 is 0 Å². The molecule has 0 amide bonds. The molecule has 1 heterocycles.